The molecule has 0 unspecified atom stereocenters. The van der Waals surface area contributed by atoms with Crippen LogP contribution in [0.1, 0.15) is 39.5 Å². The Morgan fingerprint density at radius 2 is 2.00 bits per heavy atom. The smallest absolute Gasteiger partial charge is 0.0873 e. The highest BCUT2D eigenvalue weighted by Crippen LogP contribution is 2.07. The molecule has 0 N–H and O–H groups in total. The largest absolute Gasteiger partial charge is 0.502 e. The highest BCUT2D eigenvalue weighted by molar-refractivity contribution is 4.50. The Morgan fingerprint density at radius 1 is 1.27 bits per heavy atom. The Labute approximate surface area is 70.4 Å². The van der Waals surface area contributed by atoms with Gasteiger partial charge in [-0.3, -0.25) is 0 Å². The van der Waals surface area contributed by atoms with Gasteiger partial charge in [-0.25, -0.2) is 0 Å². The third-order valence-electron chi connectivity index (χ3n) is 1.66. The van der Waals surface area contributed by atoms with Crippen LogP contribution < -0.4 is 0 Å². The molecule has 0 aliphatic rings. The summed E-state index contributed by atoms with van der Waals surface area (Å²) in [6.07, 6.45) is 6.64. The molecule has 0 atom stereocenters. The molecule has 0 amide bonds. The van der Waals surface area contributed by atoms with Gasteiger partial charge in [0.1, 0.15) is 0 Å². The van der Waals surface area contributed by atoms with E-state index in [1.165, 1.54) is 31.9 Å². The van der Waals surface area contributed by atoms with Crippen molar-refractivity contribution in [1.29, 1.82) is 0 Å². The fourth-order valence-corrected chi connectivity index (χ4v) is 0.998. The van der Waals surface area contributed by atoms with Crippen molar-refractivity contribution in [2.24, 2.45) is 5.92 Å². The molecule has 11 heavy (non-hydrogen) atoms. The molecule has 0 aromatic rings. The van der Waals surface area contributed by atoms with Gasteiger partial charge in [0.25, 0.3) is 0 Å². The zero-order valence-electron chi connectivity index (χ0n) is 7.81. The molecule has 0 bridgehead atoms. The lowest BCUT2D eigenvalue weighted by molar-refractivity contribution is 0.241. The van der Waals surface area contributed by atoms with E-state index in [0.717, 1.165) is 12.5 Å². The molecule has 0 rings (SSSR count). The Balaban J connectivity index is 2.85. The minimum Gasteiger partial charge on any atom is -0.502 e. The molecule has 0 heterocycles. The molecule has 0 aromatic carbocycles. The molecule has 1 nitrogen and oxygen atoms in total. The molecule has 0 aliphatic carbocycles. The first-order valence-corrected chi connectivity index (χ1v) is 4.50. The van der Waals surface area contributed by atoms with Crippen LogP contribution in [0.15, 0.2) is 12.8 Å². The Bertz CT molecular complexity index is 86.9. The normalized spacial score (nSPS) is 10.1. The second kappa shape index (κ2) is 7.64. The summed E-state index contributed by atoms with van der Waals surface area (Å²) >= 11 is 0. The highest BCUT2D eigenvalue weighted by atomic mass is 16.5. The summed E-state index contributed by atoms with van der Waals surface area (Å²) in [5.74, 6) is 0.843. The molecule has 0 radical (unpaired) electrons. The molecular formula is C10H20O. The standard InChI is InChI=1S/C10H20O/c1-4-11-9-7-5-6-8-10(2)3/h4,10H,1,5-9H2,2-3H3. The van der Waals surface area contributed by atoms with E-state index in [4.69, 9.17) is 4.74 Å². The van der Waals surface area contributed by atoms with E-state index < -0.39 is 0 Å². The van der Waals surface area contributed by atoms with Crippen molar-refractivity contribution < 1.29 is 4.74 Å². The molecule has 0 fully saturated rings. The number of hydrogen-bond donors (Lipinski definition) is 0. The molecule has 66 valence electrons. The van der Waals surface area contributed by atoms with Crippen molar-refractivity contribution in [3.8, 4) is 0 Å². The lowest BCUT2D eigenvalue weighted by Crippen LogP contribution is -1.90. The average Bonchev–Trinajstić information content (AvgIpc) is 1.96. The third-order valence-corrected chi connectivity index (χ3v) is 1.66. The van der Waals surface area contributed by atoms with Gasteiger partial charge in [0.05, 0.1) is 12.9 Å². The van der Waals surface area contributed by atoms with Crippen LogP contribution in [0.5, 0.6) is 0 Å². The van der Waals surface area contributed by atoms with Gasteiger partial charge in [-0.05, 0) is 12.3 Å². The Hall–Kier alpha value is -0.460. The summed E-state index contributed by atoms with van der Waals surface area (Å²) in [6, 6.07) is 0. The summed E-state index contributed by atoms with van der Waals surface area (Å²) in [5, 5.41) is 0. The van der Waals surface area contributed by atoms with E-state index in [2.05, 4.69) is 20.4 Å². The first-order chi connectivity index (χ1) is 5.27. The van der Waals surface area contributed by atoms with E-state index >= 15 is 0 Å². The van der Waals surface area contributed by atoms with E-state index in [0.29, 0.717) is 0 Å². The van der Waals surface area contributed by atoms with Crippen LogP contribution in [0.4, 0.5) is 0 Å². The van der Waals surface area contributed by atoms with Gasteiger partial charge in [-0.1, -0.05) is 39.7 Å². The minimum atomic E-state index is 0.835. The lowest BCUT2D eigenvalue weighted by Gasteiger charge is -2.03. The fraction of sp³-hybridized carbons (Fsp3) is 0.800. The number of unbranched alkanes of at least 4 members (excludes halogenated alkanes) is 2. The van der Waals surface area contributed by atoms with Gasteiger partial charge < -0.3 is 4.74 Å². The zero-order chi connectivity index (χ0) is 8.53. The fourth-order valence-electron chi connectivity index (χ4n) is 0.998. The SMILES string of the molecule is C=COCCCCCC(C)C. The number of ether oxygens (including phenoxy) is 1. The highest BCUT2D eigenvalue weighted by Gasteiger charge is 1.93. The predicted octanol–water partition coefficient (Wildman–Crippen LogP) is 3.36. The maximum atomic E-state index is 5.00. The van der Waals surface area contributed by atoms with E-state index in [1.807, 2.05) is 0 Å². The molecule has 0 spiro atoms. The summed E-state index contributed by atoms with van der Waals surface area (Å²) < 4.78 is 5.00. The Kier molecular flexibility index (Phi) is 7.33. The third kappa shape index (κ3) is 9.54. The average molecular weight is 156 g/mol. The minimum absolute atomic E-state index is 0.835. The second-order valence-electron chi connectivity index (χ2n) is 3.28. The van der Waals surface area contributed by atoms with Gasteiger partial charge >= 0.3 is 0 Å². The molecular weight excluding hydrogens is 136 g/mol. The molecule has 0 saturated heterocycles. The van der Waals surface area contributed by atoms with Crippen LogP contribution in [-0.2, 0) is 4.74 Å². The maximum absolute atomic E-state index is 5.00. The quantitative estimate of drug-likeness (QED) is 0.405. The van der Waals surface area contributed by atoms with Gasteiger partial charge in [0.2, 0.25) is 0 Å². The topological polar surface area (TPSA) is 9.23 Å². The van der Waals surface area contributed by atoms with Crippen LogP contribution in [0.2, 0.25) is 0 Å². The summed E-state index contributed by atoms with van der Waals surface area (Å²) in [6.45, 7) is 8.85. The first-order valence-electron chi connectivity index (χ1n) is 4.50. The maximum Gasteiger partial charge on any atom is 0.0873 e. The molecule has 0 aliphatic heterocycles. The Morgan fingerprint density at radius 3 is 2.55 bits per heavy atom. The van der Waals surface area contributed by atoms with Crippen LogP contribution in [-0.4, -0.2) is 6.61 Å². The second-order valence-corrected chi connectivity index (χ2v) is 3.28. The summed E-state index contributed by atoms with van der Waals surface area (Å²) in [4.78, 5) is 0. The lowest BCUT2D eigenvalue weighted by atomic mass is 10.1. The number of hydrogen-bond acceptors (Lipinski definition) is 1. The molecule has 0 aromatic heterocycles. The van der Waals surface area contributed by atoms with E-state index in [1.54, 1.807) is 0 Å². The van der Waals surface area contributed by atoms with Crippen molar-refractivity contribution >= 4 is 0 Å². The van der Waals surface area contributed by atoms with Crippen molar-refractivity contribution in [2.45, 2.75) is 39.5 Å². The van der Waals surface area contributed by atoms with Crippen LogP contribution in [0, 0.1) is 5.92 Å². The van der Waals surface area contributed by atoms with Crippen LogP contribution >= 0.6 is 0 Å². The van der Waals surface area contributed by atoms with Gasteiger partial charge in [0.15, 0.2) is 0 Å². The molecule has 1 heteroatoms. The van der Waals surface area contributed by atoms with Crippen LogP contribution in [0.25, 0.3) is 0 Å². The van der Waals surface area contributed by atoms with E-state index in [-0.39, 0.29) is 0 Å². The van der Waals surface area contributed by atoms with Crippen molar-refractivity contribution in [3.05, 3.63) is 12.8 Å². The predicted molar refractivity (Wildman–Crippen MR) is 49.5 cm³/mol. The summed E-state index contributed by atoms with van der Waals surface area (Å²) in [7, 11) is 0. The van der Waals surface area contributed by atoms with Crippen molar-refractivity contribution in [2.75, 3.05) is 6.61 Å². The zero-order valence-corrected chi connectivity index (χ0v) is 7.81. The number of rotatable bonds is 7. The van der Waals surface area contributed by atoms with Gasteiger partial charge in [-0.15, -0.1) is 0 Å². The van der Waals surface area contributed by atoms with Crippen molar-refractivity contribution in [3.63, 3.8) is 0 Å². The molecule has 0 saturated carbocycles. The summed E-state index contributed by atoms with van der Waals surface area (Å²) in [5.41, 5.74) is 0. The monoisotopic (exact) mass is 156 g/mol. The van der Waals surface area contributed by atoms with Gasteiger partial charge in [-0.2, -0.15) is 0 Å². The van der Waals surface area contributed by atoms with E-state index in [9.17, 15) is 0 Å². The first kappa shape index (κ1) is 10.5. The van der Waals surface area contributed by atoms with Crippen LogP contribution in [0.3, 0.4) is 0 Å². The van der Waals surface area contributed by atoms with Crippen molar-refractivity contribution in [1.82, 2.24) is 0 Å². The van der Waals surface area contributed by atoms with Gasteiger partial charge in [0, 0.05) is 0 Å².